The summed E-state index contributed by atoms with van der Waals surface area (Å²) in [6.07, 6.45) is 3.74. The molecule has 0 aliphatic heterocycles. The molecule has 1 aromatic heterocycles. The monoisotopic (exact) mass is 278 g/mol. The van der Waals surface area contributed by atoms with E-state index < -0.39 is 5.91 Å². The van der Waals surface area contributed by atoms with Crippen molar-refractivity contribution in [2.45, 2.75) is 25.3 Å². The van der Waals surface area contributed by atoms with Gasteiger partial charge in [0.1, 0.15) is 5.56 Å². The van der Waals surface area contributed by atoms with Gasteiger partial charge in [-0.1, -0.05) is 0 Å². The van der Waals surface area contributed by atoms with Gasteiger partial charge < -0.3 is 21.5 Å². The zero-order chi connectivity index (χ0) is 14.7. The molecule has 0 aromatic carbocycles. The van der Waals surface area contributed by atoms with Gasteiger partial charge in [-0.2, -0.15) is 0 Å². The Balaban J connectivity index is 2.11. The Kier molecular flexibility index (Phi) is 4.19. The number of nitrogens with zero attached hydrogens (tertiary/aromatic N) is 1. The zero-order valence-electron chi connectivity index (χ0n) is 11.3. The van der Waals surface area contributed by atoms with Gasteiger partial charge in [0.05, 0.1) is 19.0 Å². The van der Waals surface area contributed by atoms with Gasteiger partial charge in [-0.15, -0.1) is 0 Å². The van der Waals surface area contributed by atoms with Crippen molar-refractivity contribution in [2.24, 2.45) is 17.4 Å². The van der Waals surface area contributed by atoms with Crippen molar-refractivity contribution in [1.29, 1.82) is 0 Å². The van der Waals surface area contributed by atoms with E-state index >= 15 is 0 Å². The van der Waals surface area contributed by atoms with Crippen LogP contribution in [-0.2, 0) is 4.79 Å². The number of pyridine rings is 1. The molecule has 1 saturated carbocycles. The van der Waals surface area contributed by atoms with Crippen molar-refractivity contribution < 1.29 is 14.3 Å². The zero-order valence-corrected chi connectivity index (χ0v) is 11.3. The van der Waals surface area contributed by atoms with Crippen LogP contribution in [0.5, 0.6) is 5.88 Å². The summed E-state index contributed by atoms with van der Waals surface area (Å²) in [4.78, 5) is 27.3. The third-order valence-corrected chi connectivity index (χ3v) is 3.42. The largest absolute Gasteiger partial charge is 0.480 e. The first-order valence-corrected chi connectivity index (χ1v) is 6.41. The molecule has 2 unspecified atom stereocenters. The molecule has 20 heavy (non-hydrogen) atoms. The van der Waals surface area contributed by atoms with Crippen LogP contribution >= 0.6 is 0 Å². The quantitative estimate of drug-likeness (QED) is 0.729. The first-order chi connectivity index (χ1) is 9.51. The van der Waals surface area contributed by atoms with Crippen molar-refractivity contribution >= 4 is 17.5 Å². The summed E-state index contributed by atoms with van der Waals surface area (Å²) >= 11 is 0. The van der Waals surface area contributed by atoms with Crippen molar-refractivity contribution in [3.8, 4) is 5.88 Å². The first-order valence-electron chi connectivity index (χ1n) is 6.41. The average Bonchev–Trinajstić information content (AvgIpc) is 2.85. The molecule has 1 heterocycles. The third-order valence-electron chi connectivity index (χ3n) is 3.42. The number of hydrogen-bond donors (Lipinski definition) is 3. The smallest absolute Gasteiger partial charge is 0.254 e. The Morgan fingerprint density at radius 1 is 1.45 bits per heavy atom. The molecule has 1 aliphatic carbocycles. The second kappa shape index (κ2) is 5.87. The minimum absolute atomic E-state index is 0.0842. The summed E-state index contributed by atoms with van der Waals surface area (Å²) in [5.41, 5.74) is 11.6. The van der Waals surface area contributed by atoms with Gasteiger partial charge in [0.15, 0.2) is 0 Å². The molecule has 2 amide bonds. The molecule has 0 spiro atoms. The molecular weight excluding hydrogens is 260 g/mol. The molecule has 7 nitrogen and oxygen atoms in total. The van der Waals surface area contributed by atoms with Crippen LogP contribution in [0, 0.1) is 5.92 Å². The van der Waals surface area contributed by atoms with Gasteiger partial charge in [0.2, 0.25) is 11.8 Å². The number of nitrogens with one attached hydrogen (secondary N) is 1. The van der Waals surface area contributed by atoms with Crippen LogP contribution < -0.4 is 21.5 Å². The van der Waals surface area contributed by atoms with Crippen molar-refractivity contribution in [3.63, 3.8) is 0 Å². The second-order valence-corrected chi connectivity index (χ2v) is 4.90. The molecule has 5 N–H and O–H groups in total. The van der Waals surface area contributed by atoms with Gasteiger partial charge in [0.25, 0.3) is 5.91 Å². The Morgan fingerprint density at radius 2 is 2.20 bits per heavy atom. The van der Waals surface area contributed by atoms with E-state index in [1.165, 1.54) is 19.4 Å². The highest BCUT2D eigenvalue weighted by molar-refractivity contribution is 5.98. The molecule has 2 atom stereocenters. The van der Waals surface area contributed by atoms with Gasteiger partial charge in [0, 0.05) is 12.0 Å². The van der Waals surface area contributed by atoms with Gasteiger partial charge in [-0.25, -0.2) is 4.98 Å². The van der Waals surface area contributed by atoms with Crippen LogP contribution in [0.2, 0.25) is 0 Å². The summed E-state index contributed by atoms with van der Waals surface area (Å²) in [6.45, 7) is 0. The number of rotatable bonds is 4. The highest BCUT2D eigenvalue weighted by Crippen LogP contribution is 2.26. The Labute approximate surface area is 116 Å². The van der Waals surface area contributed by atoms with Crippen LogP contribution in [0.1, 0.15) is 29.6 Å². The van der Waals surface area contributed by atoms with E-state index in [-0.39, 0.29) is 29.3 Å². The Morgan fingerprint density at radius 3 is 2.75 bits per heavy atom. The Bertz CT molecular complexity index is 532. The van der Waals surface area contributed by atoms with Crippen LogP contribution in [0.4, 0.5) is 5.69 Å². The van der Waals surface area contributed by atoms with E-state index in [0.29, 0.717) is 12.1 Å². The van der Waals surface area contributed by atoms with Gasteiger partial charge >= 0.3 is 0 Å². The van der Waals surface area contributed by atoms with Gasteiger partial charge in [-0.05, 0) is 25.3 Å². The lowest BCUT2D eigenvalue weighted by atomic mass is 10.1. The number of carbonyl (C=O) groups is 2. The number of methoxy groups -OCH3 is 1. The minimum Gasteiger partial charge on any atom is -0.480 e. The fourth-order valence-electron chi connectivity index (χ4n) is 2.36. The summed E-state index contributed by atoms with van der Waals surface area (Å²) < 4.78 is 4.94. The van der Waals surface area contributed by atoms with Crippen molar-refractivity contribution in [2.75, 3.05) is 12.4 Å². The van der Waals surface area contributed by atoms with E-state index in [1.54, 1.807) is 0 Å². The molecule has 0 saturated heterocycles. The number of carbonyl (C=O) groups excluding carboxylic acids is 2. The molecule has 1 aliphatic rings. The molecule has 108 valence electrons. The number of aromatic nitrogens is 1. The lowest BCUT2D eigenvalue weighted by Crippen LogP contribution is -2.23. The molecule has 7 heteroatoms. The minimum atomic E-state index is -0.659. The number of nitrogens with two attached hydrogens (primary N) is 2. The summed E-state index contributed by atoms with van der Waals surface area (Å²) in [5, 5.41) is 2.73. The molecule has 0 bridgehead atoms. The lowest BCUT2D eigenvalue weighted by Gasteiger charge is -2.12. The fourth-order valence-corrected chi connectivity index (χ4v) is 2.36. The fraction of sp³-hybridized carbons (Fsp3) is 0.462. The van der Waals surface area contributed by atoms with E-state index in [9.17, 15) is 9.59 Å². The van der Waals surface area contributed by atoms with Crippen molar-refractivity contribution in [1.82, 2.24) is 4.98 Å². The molecule has 0 radical (unpaired) electrons. The maximum Gasteiger partial charge on any atom is 0.254 e. The lowest BCUT2D eigenvalue weighted by molar-refractivity contribution is -0.119. The SMILES string of the molecule is COc1ncc(NC(=O)C2CCC(N)C2)cc1C(N)=O. The van der Waals surface area contributed by atoms with E-state index in [2.05, 4.69) is 10.3 Å². The van der Waals surface area contributed by atoms with Crippen LogP contribution in [0.3, 0.4) is 0 Å². The summed E-state index contributed by atoms with van der Waals surface area (Å²) in [7, 11) is 1.40. The topological polar surface area (TPSA) is 120 Å². The summed E-state index contributed by atoms with van der Waals surface area (Å²) in [5.74, 6) is -0.726. The first kappa shape index (κ1) is 14.3. The van der Waals surface area contributed by atoms with Crippen molar-refractivity contribution in [3.05, 3.63) is 17.8 Å². The highest BCUT2D eigenvalue weighted by Gasteiger charge is 2.28. The standard InChI is InChI=1S/C13H18N4O3/c1-20-13-10(11(15)18)5-9(6-16-13)17-12(19)7-2-3-8(14)4-7/h5-8H,2-4,14H2,1H3,(H2,15,18)(H,17,19). The number of ether oxygens (including phenoxy) is 1. The number of hydrogen-bond acceptors (Lipinski definition) is 5. The predicted octanol–water partition coefficient (Wildman–Crippen LogP) is 0.255. The maximum absolute atomic E-state index is 12.1. The molecule has 1 fully saturated rings. The van der Waals surface area contributed by atoms with E-state index in [0.717, 1.165) is 12.8 Å². The Hall–Kier alpha value is -2.15. The third kappa shape index (κ3) is 3.05. The maximum atomic E-state index is 12.1. The van der Waals surface area contributed by atoms with Crippen LogP contribution in [0.25, 0.3) is 0 Å². The average molecular weight is 278 g/mol. The summed E-state index contributed by atoms with van der Waals surface area (Å²) in [6, 6.07) is 1.54. The van der Waals surface area contributed by atoms with Crippen LogP contribution in [0.15, 0.2) is 12.3 Å². The van der Waals surface area contributed by atoms with E-state index in [4.69, 9.17) is 16.2 Å². The number of primary amides is 1. The van der Waals surface area contributed by atoms with Crippen LogP contribution in [-0.4, -0.2) is 29.9 Å². The predicted molar refractivity (Wildman–Crippen MR) is 73.3 cm³/mol. The molecular formula is C13H18N4O3. The molecule has 1 aromatic rings. The van der Waals surface area contributed by atoms with E-state index in [1.807, 2.05) is 0 Å². The highest BCUT2D eigenvalue weighted by atomic mass is 16.5. The number of amides is 2. The number of anilines is 1. The van der Waals surface area contributed by atoms with Gasteiger partial charge in [-0.3, -0.25) is 9.59 Å². The normalized spacial score (nSPS) is 21.5. The second-order valence-electron chi connectivity index (χ2n) is 4.90. The molecule has 2 rings (SSSR count).